The summed E-state index contributed by atoms with van der Waals surface area (Å²) in [4.78, 5) is 54.3. The predicted octanol–water partition coefficient (Wildman–Crippen LogP) is 3.51. The highest BCUT2D eigenvalue weighted by molar-refractivity contribution is 6.43. The van der Waals surface area contributed by atoms with E-state index in [1.165, 1.54) is 0 Å². The summed E-state index contributed by atoms with van der Waals surface area (Å²) in [5.41, 5.74) is -2.13. The molecule has 0 saturated carbocycles. The van der Waals surface area contributed by atoms with Crippen molar-refractivity contribution in [3.63, 3.8) is 0 Å². The van der Waals surface area contributed by atoms with Crippen molar-refractivity contribution in [2.24, 2.45) is 5.92 Å². The van der Waals surface area contributed by atoms with Gasteiger partial charge in [0.05, 0.1) is 47.4 Å². The predicted molar refractivity (Wildman–Crippen MR) is 157 cm³/mol. The number of aliphatic hydroxyl groups is 1. The van der Waals surface area contributed by atoms with Crippen molar-refractivity contribution in [3.05, 3.63) is 67.0 Å². The standard InChI is InChI=1S/C32H18O12/c1-43-31(41)7-3-9(33)19-23-15(7)16-8(32(42)44-2)4-10(34)20-24(16)28-26-18(12(36)6-14(38)22(26)30(20)40)17-11(35)5-13(37)21(29(19)39)25(17)27(23)28/h3-7,15,33-34,36-39H,1-2H3. The second-order valence-corrected chi connectivity index (χ2v) is 11.0. The monoisotopic (exact) mass is 594 g/mol. The molecule has 0 heterocycles. The van der Waals surface area contributed by atoms with Crippen LogP contribution in [0.5, 0.6) is 28.7 Å². The maximum Gasteiger partial charge on any atom is 0.338 e. The van der Waals surface area contributed by atoms with E-state index in [0.29, 0.717) is 0 Å². The molecule has 6 aromatic carbocycles. The first-order chi connectivity index (χ1) is 20.9. The fraction of sp³-hybridized carbons (Fsp3) is 0.125. The summed E-state index contributed by atoms with van der Waals surface area (Å²) in [6.07, 6.45) is 1.10. The van der Waals surface area contributed by atoms with Crippen LogP contribution < -0.4 is 10.9 Å². The highest BCUT2D eigenvalue weighted by atomic mass is 16.5. The molecular weight excluding hydrogens is 576 g/mol. The molecule has 12 heteroatoms. The van der Waals surface area contributed by atoms with Crippen molar-refractivity contribution in [2.45, 2.75) is 5.92 Å². The highest BCUT2D eigenvalue weighted by Gasteiger charge is 2.46. The third kappa shape index (κ3) is 2.60. The molecule has 0 aliphatic heterocycles. The van der Waals surface area contributed by atoms with Gasteiger partial charge in [-0.1, -0.05) is 0 Å². The zero-order valence-corrected chi connectivity index (χ0v) is 22.6. The molecule has 2 aliphatic rings. The molecule has 6 N–H and O–H groups in total. The number of aromatic hydroxyl groups is 5. The van der Waals surface area contributed by atoms with Crippen molar-refractivity contribution >= 4 is 71.6 Å². The van der Waals surface area contributed by atoms with E-state index in [0.717, 1.165) is 38.5 Å². The van der Waals surface area contributed by atoms with Crippen LogP contribution in [0.3, 0.4) is 0 Å². The first-order valence-electron chi connectivity index (χ1n) is 13.2. The van der Waals surface area contributed by atoms with E-state index < -0.39 is 69.1 Å². The average Bonchev–Trinajstić information content (AvgIpc) is 2.98. The summed E-state index contributed by atoms with van der Waals surface area (Å²) < 4.78 is 10.0. The maximum absolute atomic E-state index is 14.1. The van der Waals surface area contributed by atoms with E-state index in [1.54, 1.807) is 0 Å². The Hall–Kier alpha value is -6.04. The summed E-state index contributed by atoms with van der Waals surface area (Å²) in [6, 6.07) is 2.68. The normalized spacial score (nSPS) is 17.0. The van der Waals surface area contributed by atoms with Gasteiger partial charge in [0.25, 0.3) is 0 Å². The van der Waals surface area contributed by atoms with Crippen molar-refractivity contribution in [3.8, 4) is 28.7 Å². The molecule has 0 spiro atoms. The number of esters is 2. The molecule has 0 aromatic heterocycles. The smallest absolute Gasteiger partial charge is 0.338 e. The average molecular weight is 594 g/mol. The number of ether oxygens (including phenoxy) is 2. The van der Waals surface area contributed by atoms with Crippen LogP contribution in [0.4, 0.5) is 0 Å². The van der Waals surface area contributed by atoms with Crippen LogP contribution in [0.1, 0.15) is 33.0 Å². The van der Waals surface area contributed by atoms with Crippen LogP contribution >= 0.6 is 0 Å². The van der Waals surface area contributed by atoms with E-state index in [9.17, 15) is 49.8 Å². The van der Waals surface area contributed by atoms with Crippen LogP contribution in [0, 0.1) is 5.92 Å². The molecule has 44 heavy (non-hydrogen) atoms. The first-order valence-corrected chi connectivity index (χ1v) is 13.2. The Morgan fingerprint density at radius 3 is 1.89 bits per heavy atom. The van der Waals surface area contributed by atoms with Gasteiger partial charge < -0.3 is 40.1 Å². The number of phenols is 5. The molecule has 8 rings (SSSR count). The summed E-state index contributed by atoms with van der Waals surface area (Å²) in [7, 11) is 2.20. The Balaban J connectivity index is 1.88. The fourth-order valence-corrected chi connectivity index (χ4v) is 7.58. The SMILES string of the molecule is COC(=O)c1cc(O)c2c(=O)c3c(O)cc(O)c4c5c(=O)cc(O)c6c(O)c7c8c(c65)c(c2c1C8C(C(=O)OC)C=C7O)c34. The topological polar surface area (TPSA) is 208 Å². The van der Waals surface area contributed by atoms with E-state index in [4.69, 9.17) is 9.47 Å². The quantitative estimate of drug-likeness (QED) is 0.0967. The van der Waals surface area contributed by atoms with Gasteiger partial charge in [-0.3, -0.25) is 14.4 Å². The van der Waals surface area contributed by atoms with Gasteiger partial charge in [0.15, 0.2) is 5.43 Å². The molecule has 12 nitrogen and oxygen atoms in total. The number of hydrogen-bond acceptors (Lipinski definition) is 12. The van der Waals surface area contributed by atoms with Crippen molar-refractivity contribution in [1.29, 1.82) is 0 Å². The van der Waals surface area contributed by atoms with Crippen molar-refractivity contribution in [1.82, 2.24) is 0 Å². The minimum absolute atomic E-state index is 0.00466. The van der Waals surface area contributed by atoms with Gasteiger partial charge in [0.2, 0.25) is 5.43 Å². The number of hydrogen-bond donors (Lipinski definition) is 6. The van der Waals surface area contributed by atoms with E-state index >= 15 is 0 Å². The maximum atomic E-state index is 14.1. The summed E-state index contributed by atoms with van der Waals surface area (Å²) in [6.45, 7) is 0. The van der Waals surface area contributed by atoms with E-state index in [1.807, 2.05) is 0 Å². The fourth-order valence-electron chi connectivity index (χ4n) is 7.58. The zero-order chi connectivity index (χ0) is 31.3. The lowest BCUT2D eigenvalue weighted by atomic mass is 9.65. The minimum atomic E-state index is -1.36. The Morgan fingerprint density at radius 2 is 1.20 bits per heavy atom. The number of benzene rings is 6. The first kappa shape index (κ1) is 25.7. The number of methoxy groups -OCH3 is 2. The Kier molecular flexibility index (Phi) is 4.58. The largest absolute Gasteiger partial charge is 0.507 e. The Labute approximate surface area is 243 Å². The van der Waals surface area contributed by atoms with Crippen molar-refractivity contribution < 1.29 is 49.7 Å². The Morgan fingerprint density at radius 1 is 0.636 bits per heavy atom. The molecule has 2 aliphatic carbocycles. The zero-order valence-electron chi connectivity index (χ0n) is 22.6. The lowest BCUT2D eigenvalue weighted by molar-refractivity contribution is -0.144. The lowest BCUT2D eigenvalue weighted by Crippen LogP contribution is -2.30. The van der Waals surface area contributed by atoms with Gasteiger partial charge in [0.1, 0.15) is 34.5 Å². The molecule has 2 unspecified atom stereocenters. The molecule has 218 valence electrons. The van der Waals surface area contributed by atoms with Crippen molar-refractivity contribution in [2.75, 3.05) is 14.2 Å². The lowest BCUT2D eigenvalue weighted by Gasteiger charge is -2.37. The third-order valence-electron chi connectivity index (χ3n) is 9.07. The molecular formula is C32H18O12. The third-order valence-corrected chi connectivity index (χ3v) is 9.07. The second-order valence-electron chi connectivity index (χ2n) is 11.0. The van der Waals surface area contributed by atoms with E-state index in [2.05, 4.69) is 0 Å². The van der Waals surface area contributed by atoms with Crippen LogP contribution in [0.15, 0.2) is 33.9 Å². The number of fused-ring (bicyclic) bond motifs is 2. The van der Waals surface area contributed by atoms with Gasteiger partial charge in [-0.2, -0.15) is 0 Å². The highest BCUT2D eigenvalue weighted by Crippen LogP contribution is 2.61. The second kappa shape index (κ2) is 7.86. The molecule has 0 fully saturated rings. The molecule has 6 aromatic rings. The van der Waals surface area contributed by atoms with Gasteiger partial charge in [-0.15, -0.1) is 0 Å². The summed E-state index contributed by atoms with van der Waals surface area (Å²) >= 11 is 0. The Bertz CT molecular complexity index is 2560. The summed E-state index contributed by atoms with van der Waals surface area (Å²) in [5.74, 6) is -8.27. The molecule has 0 radical (unpaired) electrons. The number of phenolic OH excluding ortho intramolecular Hbond substituents is 5. The van der Waals surface area contributed by atoms with Crippen LogP contribution in [0.2, 0.25) is 0 Å². The summed E-state index contributed by atoms with van der Waals surface area (Å²) in [5, 5.41) is 65.8. The number of carbonyl (C=O) groups excluding carboxylic acids is 2. The number of aliphatic hydroxyl groups excluding tert-OH is 1. The molecule has 0 amide bonds. The van der Waals surface area contributed by atoms with Gasteiger partial charge in [-0.25, -0.2) is 4.79 Å². The molecule has 2 atom stereocenters. The molecule has 0 bridgehead atoms. The van der Waals surface area contributed by atoms with E-state index in [-0.39, 0.29) is 76.1 Å². The minimum Gasteiger partial charge on any atom is -0.507 e. The van der Waals surface area contributed by atoms with Crippen LogP contribution in [-0.4, -0.2) is 56.8 Å². The van der Waals surface area contributed by atoms with Gasteiger partial charge in [-0.05, 0) is 34.0 Å². The number of carbonyl (C=O) groups is 2. The van der Waals surface area contributed by atoms with Crippen LogP contribution in [0.25, 0.3) is 59.6 Å². The molecule has 0 saturated heterocycles. The van der Waals surface area contributed by atoms with Gasteiger partial charge in [0, 0.05) is 45.0 Å². The van der Waals surface area contributed by atoms with Crippen LogP contribution in [-0.2, 0) is 14.3 Å². The van der Waals surface area contributed by atoms with Gasteiger partial charge >= 0.3 is 11.9 Å². The number of rotatable bonds is 2.